The van der Waals surface area contributed by atoms with E-state index in [9.17, 15) is 0 Å². The molecule has 0 N–H and O–H groups in total. The van der Waals surface area contributed by atoms with Crippen LogP contribution in [0.5, 0.6) is 0 Å². The molecule has 0 unspecified atom stereocenters. The van der Waals surface area contributed by atoms with Crippen LogP contribution in [-0.2, 0) is 14.1 Å². The highest BCUT2D eigenvalue weighted by atomic mass is 35.9. The number of hydrogen-bond donors (Lipinski definition) is 0. The zero-order chi connectivity index (χ0) is 10.6. The van der Waals surface area contributed by atoms with Gasteiger partial charge in [0.05, 0.1) is 14.1 Å². The van der Waals surface area contributed by atoms with Gasteiger partial charge in [0, 0.05) is 6.92 Å². The first-order valence-electron chi connectivity index (χ1n) is 3.56. The van der Waals surface area contributed by atoms with Gasteiger partial charge < -0.3 is 40.2 Å². The summed E-state index contributed by atoms with van der Waals surface area (Å²) in [7, 11) is 21.1. The second-order valence-corrected chi connectivity index (χ2v) is 15.4. The maximum absolute atomic E-state index is 4.99. The SMILES string of the molecule is Cc1n(C)cc[n+]1C.[Cl][Al-]([Cl])([Cl])[Cl]. The minimum Gasteiger partial charge on any atom is -0.391 e. The Morgan fingerprint density at radius 2 is 1.69 bits per heavy atom. The Balaban J connectivity index is 0.000000252. The van der Waals surface area contributed by atoms with E-state index in [1.54, 1.807) is 0 Å². The van der Waals surface area contributed by atoms with Crippen molar-refractivity contribution in [2.45, 2.75) is 6.92 Å². The lowest BCUT2D eigenvalue weighted by Gasteiger charge is -1.97. The van der Waals surface area contributed by atoms with E-state index in [0.717, 1.165) is 0 Å². The summed E-state index contributed by atoms with van der Waals surface area (Å²) >= 11 is 0. The molecule has 1 heterocycles. The fourth-order valence-electron chi connectivity index (χ4n) is 0.665. The van der Waals surface area contributed by atoms with Crippen molar-refractivity contribution in [3.8, 4) is 0 Å². The lowest BCUT2D eigenvalue weighted by atomic mass is 10.7. The van der Waals surface area contributed by atoms with Crippen LogP contribution in [0.4, 0.5) is 0 Å². The second kappa shape index (κ2) is 5.70. The predicted molar refractivity (Wildman–Crippen MR) is 60.5 cm³/mol. The minimum absolute atomic E-state index is 1.27. The lowest BCUT2D eigenvalue weighted by molar-refractivity contribution is -0.677. The average Bonchev–Trinajstić information content (AvgIpc) is 2.16. The highest BCUT2D eigenvalue weighted by molar-refractivity contribution is 7.81. The Bertz CT molecular complexity index is 243. The van der Waals surface area contributed by atoms with Gasteiger partial charge in [-0.2, -0.15) is 0 Å². The van der Waals surface area contributed by atoms with Crippen LogP contribution in [0, 0.1) is 6.92 Å². The zero-order valence-electron chi connectivity index (χ0n) is 7.64. The average molecular weight is 280 g/mol. The molecule has 0 atom stereocenters. The van der Waals surface area contributed by atoms with Crippen LogP contribution in [0.1, 0.15) is 5.82 Å². The van der Waals surface area contributed by atoms with Crippen molar-refractivity contribution in [3.63, 3.8) is 0 Å². The third-order valence-electron chi connectivity index (χ3n) is 1.53. The summed E-state index contributed by atoms with van der Waals surface area (Å²) in [6.07, 6.45) is 4.07. The lowest BCUT2D eigenvalue weighted by Crippen LogP contribution is -2.29. The monoisotopic (exact) mass is 278 g/mol. The molecule has 0 bridgehead atoms. The topological polar surface area (TPSA) is 8.81 Å². The van der Waals surface area contributed by atoms with Gasteiger partial charge in [-0.05, 0) is 0 Å². The van der Waals surface area contributed by atoms with Crippen LogP contribution in [0.2, 0.25) is 0 Å². The molecule has 0 saturated heterocycles. The van der Waals surface area contributed by atoms with Gasteiger partial charge in [-0.25, -0.2) is 9.13 Å². The number of halogens is 4. The van der Waals surface area contributed by atoms with Crippen LogP contribution in [-0.4, -0.2) is 14.0 Å². The molecule has 13 heavy (non-hydrogen) atoms. The van der Waals surface area contributed by atoms with Crippen LogP contribution < -0.4 is 4.57 Å². The van der Waals surface area contributed by atoms with E-state index in [-0.39, 0.29) is 0 Å². The molecule has 0 aliphatic rings. The van der Waals surface area contributed by atoms with Crippen molar-refractivity contribution in [3.05, 3.63) is 18.2 Å². The number of rotatable bonds is 0. The molecule has 76 valence electrons. The Morgan fingerprint density at radius 3 is 1.77 bits per heavy atom. The number of hydrogen-bond acceptors (Lipinski definition) is 0. The van der Waals surface area contributed by atoms with Crippen molar-refractivity contribution in [1.82, 2.24) is 4.57 Å². The van der Waals surface area contributed by atoms with Crippen molar-refractivity contribution in [1.29, 1.82) is 0 Å². The fraction of sp³-hybridized carbons (Fsp3) is 0.500. The molecule has 1 aromatic rings. The quantitative estimate of drug-likeness (QED) is 0.510. The largest absolute Gasteiger partial charge is 0.564 e. The highest BCUT2D eigenvalue weighted by Gasteiger charge is 2.14. The molecule has 1 aromatic heterocycles. The van der Waals surface area contributed by atoms with Crippen molar-refractivity contribution in [2.24, 2.45) is 14.1 Å². The fourth-order valence-corrected chi connectivity index (χ4v) is 0.665. The van der Waals surface area contributed by atoms with E-state index in [2.05, 4.69) is 16.1 Å². The standard InChI is InChI=1S/C6H11N2.Al.4ClH/c1-6-7(2)4-5-8(6)3;;;;;/h4-5H,1-3H3;;4*1H/q+1;+3;;;;/p-4. The van der Waals surface area contributed by atoms with Gasteiger partial charge in [0.25, 0.3) is 5.82 Å². The van der Waals surface area contributed by atoms with E-state index in [4.69, 9.17) is 40.2 Å². The number of aromatic nitrogens is 2. The van der Waals surface area contributed by atoms with Crippen LogP contribution in [0.25, 0.3) is 0 Å². The van der Waals surface area contributed by atoms with Gasteiger partial charge in [0.1, 0.15) is 12.4 Å². The van der Waals surface area contributed by atoms with Gasteiger partial charge >= 0.3 is 9.39 Å². The zero-order valence-corrected chi connectivity index (χ0v) is 11.8. The number of aryl methyl sites for hydroxylation is 2. The second-order valence-electron chi connectivity index (χ2n) is 2.56. The molecular weight excluding hydrogens is 269 g/mol. The molecule has 0 aliphatic heterocycles. The van der Waals surface area contributed by atoms with Crippen LogP contribution in [0.3, 0.4) is 0 Å². The summed E-state index contributed by atoms with van der Waals surface area (Å²) in [5, 5.41) is 0. The maximum atomic E-state index is 4.99. The molecule has 0 aliphatic carbocycles. The molecule has 2 nitrogen and oxygen atoms in total. The Kier molecular flexibility index (Phi) is 6.10. The van der Waals surface area contributed by atoms with E-state index in [1.807, 2.05) is 26.5 Å². The van der Waals surface area contributed by atoms with E-state index >= 15 is 0 Å². The number of nitrogens with zero attached hydrogens (tertiary/aromatic N) is 2. The molecular formula is C6H11AlCl4N2. The molecule has 0 radical (unpaired) electrons. The molecule has 0 saturated carbocycles. The Morgan fingerprint density at radius 1 is 1.31 bits per heavy atom. The first kappa shape index (κ1) is 13.9. The van der Waals surface area contributed by atoms with Gasteiger partial charge in [-0.15, -0.1) is 0 Å². The molecule has 1 rings (SSSR count). The Hall–Kier alpha value is 0.902. The first-order chi connectivity index (χ1) is 5.72. The summed E-state index contributed by atoms with van der Waals surface area (Å²) in [6.45, 7) is 2.08. The highest BCUT2D eigenvalue weighted by Crippen LogP contribution is 2.23. The van der Waals surface area contributed by atoms with Crippen molar-refractivity contribution in [2.75, 3.05) is 0 Å². The molecule has 0 fully saturated rings. The summed E-state index contributed by atoms with van der Waals surface area (Å²) < 4.78 is 4.17. The smallest absolute Gasteiger partial charge is 0.391 e. The van der Waals surface area contributed by atoms with E-state index in [1.165, 1.54) is 5.82 Å². The van der Waals surface area contributed by atoms with E-state index in [0.29, 0.717) is 0 Å². The normalized spacial score (nSPS) is 10.7. The first-order valence-corrected chi connectivity index (χ1v) is 10.5. The maximum Gasteiger partial charge on any atom is 0.564 e. The van der Waals surface area contributed by atoms with Gasteiger partial charge in [-0.3, -0.25) is 0 Å². The predicted octanol–water partition coefficient (Wildman–Crippen LogP) is 2.54. The molecule has 0 spiro atoms. The minimum atomic E-state index is -2.94. The number of imidazole rings is 1. The van der Waals surface area contributed by atoms with Gasteiger partial charge in [-0.1, -0.05) is 0 Å². The van der Waals surface area contributed by atoms with E-state index < -0.39 is 9.39 Å². The van der Waals surface area contributed by atoms with Gasteiger partial charge in [0.2, 0.25) is 0 Å². The van der Waals surface area contributed by atoms with Crippen LogP contribution >= 0.6 is 40.2 Å². The third-order valence-corrected chi connectivity index (χ3v) is 1.53. The third kappa shape index (κ3) is 7.93. The van der Waals surface area contributed by atoms with Crippen molar-refractivity contribution >= 4 is 49.6 Å². The summed E-state index contributed by atoms with van der Waals surface area (Å²) in [4.78, 5) is 0. The molecule has 0 aromatic carbocycles. The summed E-state index contributed by atoms with van der Waals surface area (Å²) in [5.41, 5.74) is 0. The van der Waals surface area contributed by atoms with Crippen LogP contribution in [0.15, 0.2) is 12.4 Å². The van der Waals surface area contributed by atoms with Gasteiger partial charge in [0.15, 0.2) is 0 Å². The summed E-state index contributed by atoms with van der Waals surface area (Å²) in [6, 6.07) is 0. The molecule has 7 heteroatoms. The molecule has 0 amide bonds. The Labute approximate surface area is 97.5 Å². The summed E-state index contributed by atoms with van der Waals surface area (Å²) in [5.74, 6) is 1.27. The van der Waals surface area contributed by atoms with Crippen molar-refractivity contribution < 1.29 is 4.57 Å².